The van der Waals surface area contributed by atoms with Crippen molar-refractivity contribution in [1.82, 2.24) is 10.4 Å². The molecule has 1 aliphatic rings. The molecule has 0 aromatic rings. The van der Waals surface area contributed by atoms with Crippen molar-refractivity contribution in [2.45, 2.75) is 13.1 Å². The fourth-order valence-corrected chi connectivity index (χ4v) is 0.984. The van der Waals surface area contributed by atoms with Crippen molar-refractivity contribution in [2.24, 2.45) is 10.9 Å². The molecule has 78 valence electrons. The molecule has 0 radical (unpaired) electrons. The third-order valence-corrected chi connectivity index (χ3v) is 1.70. The Morgan fingerprint density at radius 3 is 3.21 bits per heavy atom. The predicted molar refractivity (Wildman–Crippen MR) is 50.7 cm³/mol. The minimum atomic E-state index is -0.631. The number of nitrogens with zero attached hydrogens (tertiary/aromatic N) is 2. The Balaban J connectivity index is 2.62. The van der Waals surface area contributed by atoms with Crippen LogP contribution in [0.3, 0.4) is 0 Å². The Bertz CT molecular complexity index is 265. The summed E-state index contributed by atoms with van der Waals surface area (Å²) in [7, 11) is 0. The summed E-state index contributed by atoms with van der Waals surface area (Å²) in [4.78, 5) is 10.4. The molecule has 0 aliphatic carbocycles. The maximum atomic E-state index is 10.4. The van der Waals surface area contributed by atoms with Crippen LogP contribution in [0.4, 0.5) is 0 Å². The van der Waals surface area contributed by atoms with Crippen LogP contribution < -0.4 is 11.3 Å². The Labute approximate surface area is 81.4 Å². The van der Waals surface area contributed by atoms with Gasteiger partial charge in [-0.1, -0.05) is 0 Å². The smallest absolute Gasteiger partial charge is 0.231 e. The Hall–Kier alpha value is -1.47. The van der Waals surface area contributed by atoms with Crippen molar-refractivity contribution in [3.8, 4) is 0 Å². The molecule has 0 spiro atoms. The summed E-state index contributed by atoms with van der Waals surface area (Å²) < 4.78 is 4.94. The van der Waals surface area contributed by atoms with Gasteiger partial charge in [-0.25, -0.2) is 5.01 Å². The summed E-state index contributed by atoms with van der Waals surface area (Å²) in [6, 6.07) is 0. The molecule has 14 heavy (non-hydrogen) atoms. The number of nitrogens with two attached hydrogens (primary N) is 1. The molecule has 0 saturated heterocycles. The molecule has 1 rings (SSSR count). The first-order valence-electron chi connectivity index (χ1n) is 4.19. The van der Waals surface area contributed by atoms with Gasteiger partial charge in [-0.05, 0) is 6.92 Å². The molecule has 0 bridgehead atoms. The molecular formula is C7H13N5O2. The van der Waals surface area contributed by atoms with Gasteiger partial charge in [-0.3, -0.25) is 21.5 Å². The number of hydrogen-bond donors (Lipinski definition) is 3. The van der Waals surface area contributed by atoms with Crippen molar-refractivity contribution in [2.75, 3.05) is 13.2 Å². The predicted octanol–water partition coefficient (Wildman–Crippen LogP) is -1.34. The highest BCUT2D eigenvalue weighted by atomic mass is 16.5. The van der Waals surface area contributed by atoms with Crippen LogP contribution in [0.25, 0.3) is 0 Å². The first-order chi connectivity index (χ1) is 6.69. The van der Waals surface area contributed by atoms with Gasteiger partial charge in [0.25, 0.3) is 0 Å². The second-order valence-corrected chi connectivity index (χ2v) is 2.70. The Morgan fingerprint density at radius 1 is 2.00 bits per heavy atom. The molecule has 0 aromatic carbocycles. The highest BCUT2D eigenvalue weighted by Crippen LogP contribution is 1.97. The maximum absolute atomic E-state index is 10.4. The summed E-state index contributed by atoms with van der Waals surface area (Å²) >= 11 is 0. The van der Waals surface area contributed by atoms with Gasteiger partial charge >= 0.3 is 0 Å². The van der Waals surface area contributed by atoms with Crippen LogP contribution in [-0.4, -0.2) is 42.2 Å². The fourth-order valence-electron chi connectivity index (χ4n) is 0.984. The van der Waals surface area contributed by atoms with E-state index in [1.807, 2.05) is 0 Å². The lowest BCUT2D eigenvalue weighted by atomic mass is 10.3. The van der Waals surface area contributed by atoms with Crippen LogP contribution in [0, 0.1) is 5.41 Å². The molecule has 0 amide bonds. The van der Waals surface area contributed by atoms with Gasteiger partial charge in [0, 0.05) is 0 Å². The second-order valence-electron chi connectivity index (χ2n) is 2.70. The fraction of sp³-hybridized carbons (Fsp3) is 0.571. The summed E-state index contributed by atoms with van der Waals surface area (Å²) in [5, 5.41) is 12.5. The lowest BCUT2D eigenvalue weighted by molar-refractivity contribution is -0.113. The molecule has 4 N–H and O–H groups in total. The quantitative estimate of drug-likeness (QED) is 0.226. The van der Waals surface area contributed by atoms with E-state index in [1.54, 1.807) is 6.92 Å². The minimum Gasteiger partial charge on any atom is -0.477 e. The minimum absolute atomic E-state index is 0.0280. The van der Waals surface area contributed by atoms with Crippen LogP contribution in [0.15, 0.2) is 5.10 Å². The molecule has 1 unspecified atom stereocenters. The van der Waals surface area contributed by atoms with Crippen LogP contribution in [0.1, 0.15) is 6.92 Å². The van der Waals surface area contributed by atoms with Gasteiger partial charge < -0.3 is 4.74 Å². The monoisotopic (exact) mass is 199 g/mol. The van der Waals surface area contributed by atoms with E-state index in [-0.39, 0.29) is 12.4 Å². The van der Waals surface area contributed by atoms with Crippen LogP contribution in [0.5, 0.6) is 0 Å². The summed E-state index contributed by atoms with van der Waals surface area (Å²) in [5.41, 5.74) is 2.89. The van der Waals surface area contributed by atoms with Gasteiger partial charge in [0.15, 0.2) is 12.5 Å². The summed E-state index contributed by atoms with van der Waals surface area (Å²) in [5.74, 6) is 5.49. The molecule has 1 aliphatic heterocycles. The van der Waals surface area contributed by atoms with Gasteiger partial charge in [0.05, 0.1) is 13.2 Å². The third-order valence-electron chi connectivity index (χ3n) is 1.70. The standard InChI is InChI=1S/C7H13N5O2/c1-2-14-7(8)5-3-12(9)6(4-13)11-10-5/h4,6,8,11H,2-3,9H2,1H3. The highest BCUT2D eigenvalue weighted by molar-refractivity contribution is 6.38. The number of carbonyl (C=O) groups excluding carboxylic acids is 1. The zero-order valence-electron chi connectivity index (χ0n) is 7.86. The normalized spacial score (nSPS) is 22.1. The van der Waals surface area contributed by atoms with E-state index in [2.05, 4.69) is 10.5 Å². The van der Waals surface area contributed by atoms with Gasteiger partial charge in [-0.2, -0.15) is 5.10 Å². The van der Waals surface area contributed by atoms with E-state index in [0.29, 0.717) is 18.6 Å². The average Bonchev–Trinajstić information content (AvgIpc) is 2.18. The number of ether oxygens (including phenoxy) is 1. The first-order valence-corrected chi connectivity index (χ1v) is 4.19. The van der Waals surface area contributed by atoms with E-state index >= 15 is 0 Å². The van der Waals surface area contributed by atoms with Crippen LogP contribution in [0.2, 0.25) is 0 Å². The van der Waals surface area contributed by atoms with E-state index in [1.165, 1.54) is 5.01 Å². The molecule has 0 saturated carbocycles. The number of hydrogen-bond acceptors (Lipinski definition) is 7. The van der Waals surface area contributed by atoms with E-state index in [4.69, 9.17) is 16.0 Å². The van der Waals surface area contributed by atoms with Crippen molar-refractivity contribution >= 4 is 17.9 Å². The number of carbonyl (C=O) groups is 1. The maximum Gasteiger partial charge on any atom is 0.231 e. The zero-order chi connectivity index (χ0) is 10.6. The molecular weight excluding hydrogens is 186 g/mol. The number of rotatable bonds is 3. The second kappa shape index (κ2) is 4.68. The van der Waals surface area contributed by atoms with E-state index in [0.717, 1.165) is 0 Å². The van der Waals surface area contributed by atoms with Crippen LogP contribution >= 0.6 is 0 Å². The number of aldehydes is 1. The number of hydrazine groups is 1. The molecule has 7 nitrogen and oxygen atoms in total. The van der Waals surface area contributed by atoms with E-state index in [9.17, 15) is 4.79 Å². The SMILES string of the molecule is CCOC(=N)C1=NNC(C=O)N(N)C1. The van der Waals surface area contributed by atoms with Crippen molar-refractivity contribution in [3.05, 3.63) is 0 Å². The lowest BCUT2D eigenvalue weighted by Gasteiger charge is -2.27. The topological polar surface area (TPSA) is 104 Å². The lowest BCUT2D eigenvalue weighted by Crippen LogP contribution is -2.56. The van der Waals surface area contributed by atoms with Gasteiger partial charge in [0.1, 0.15) is 5.71 Å². The molecule has 0 fully saturated rings. The van der Waals surface area contributed by atoms with Gasteiger partial charge in [0.2, 0.25) is 5.90 Å². The largest absolute Gasteiger partial charge is 0.477 e. The zero-order valence-corrected chi connectivity index (χ0v) is 7.86. The van der Waals surface area contributed by atoms with Gasteiger partial charge in [-0.15, -0.1) is 0 Å². The van der Waals surface area contributed by atoms with Crippen molar-refractivity contribution in [1.29, 1.82) is 5.41 Å². The van der Waals surface area contributed by atoms with Crippen molar-refractivity contribution in [3.63, 3.8) is 0 Å². The third kappa shape index (κ3) is 2.27. The number of hydrazone groups is 1. The Morgan fingerprint density at radius 2 is 2.71 bits per heavy atom. The summed E-state index contributed by atoms with van der Waals surface area (Å²) in [6.45, 7) is 2.40. The highest BCUT2D eigenvalue weighted by Gasteiger charge is 2.23. The molecule has 1 atom stereocenters. The molecule has 7 heteroatoms. The van der Waals surface area contributed by atoms with Crippen molar-refractivity contribution < 1.29 is 9.53 Å². The molecule has 0 aromatic heterocycles. The Kier molecular flexibility index (Phi) is 3.55. The number of nitrogens with one attached hydrogen (secondary N) is 2. The van der Waals surface area contributed by atoms with E-state index < -0.39 is 6.17 Å². The van der Waals surface area contributed by atoms with Crippen LogP contribution in [-0.2, 0) is 9.53 Å². The first kappa shape index (κ1) is 10.6. The summed E-state index contributed by atoms with van der Waals surface area (Å²) in [6.07, 6.45) is 0.0121. The average molecular weight is 199 g/mol. The molecule has 1 heterocycles.